The number of fused-ring (bicyclic) bond motifs is 1. The van der Waals surface area contributed by atoms with E-state index in [0.29, 0.717) is 9.65 Å². The van der Waals surface area contributed by atoms with E-state index in [0.717, 1.165) is 31.6 Å². The van der Waals surface area contributed by atoms with Gasteiger partial charge in [-0.15, -0.1) is 11.3 Å². The summed E-state index contributed by atoms with van der Waals surface area (Å²) in [7, 11) is 7.73. The number of hydrogen-bond donors (Lipinski definition) is 2. The van der Waals surface area contributed by atoms with Crippen molar-refractivity contribution < 1.29 is 9.59 Å². The lowest BCUT2D eigenvalue weighted by molar-refractivity contribution is -0.115. The Morgan fingerprint density at radius 3 is 2.64 bits per heavy atom. The van der Waals surface area contributed by atoms with Crippen LogP contribution in [0.15, 0.2) is 30.3 Å². The van der Waals surface area contributed by atoms with Gasteiger partial charge in [0.15, 0.2) is 0 Å². The van der Waals surface area contributed by atoms with Crippen LogP contribution in [0.4, 0.5) is 5.69 Å². The van der Waals surface area contributed by atoms with E-state index in [9.17, 15) is 9.59 Å². The molecule has 0 aliphatic carbocycles. The highest BCUT2D eigenvalue weighted by Gasteiger charge is 2.13. The van der Waals surface area contributed by atoms with Crippen molar-refractivity contribution in [1.82, 2.24) is 10.2 Å². The van der Waals surface area contributed by atoms with E-state index in [1.165, 1.54) is 22.5 Å². The van der Waals surface area contributed by atoms with Crippen molar-refractivity contribution in [1.29, 1.82) is 0 Å². The Hall–Kier alpha value is -2.12. The molecule has 1 aromatic heterocycles. The molecular weight excluding hydrogens is 333 g/mol. The van der Waals surface area contributed by atoms with Gasteiger partial charge in [-0.1, -0.05) is 12.1 Å². The molecule has 1 aromatic carbocycles. The fourth-order valence-electron chi connectivity index (χ4n) is 2.84. The van der Waals surface area contributed by atoms with Crippen molar-refractivity contribution in [3.63, 3.8) is 0 Å². The zero-order valence-electron chi connectivity index (χ0n) is 14.2. The molecule has 2 radical (unpaired) electrons. The fraction of sp³-hybridized carbons (Fsp3) is 0.333. The monoisotopic (exact) mass is 353 g/mol. The van der Waals surface area contributed by atoms with Crippen LogP contribution in [0.25, 0.3) is 0 Å². The second kappa shape index (κ2) is 7.84. The molecule has 1 aliphatic rings. The van der Waals surface area contributed by atoms with Crippen molar-refractivity contribution in [2.24, 2.45) is 0 Å². The van der Waals surface area contributed by atoms with Crippen molar-refractivity contribution in [3.8, 4) is 0 Å². The molecule has 5 nitrogen and oxygen atoms in total. The van der Waals surface area contributed by atoms with Gasteiger partial charge >= 0.3 is 0 Å². The Morgan fingerprint density at radius 1 is 1.16 bits per heavy atom. The number of carbonyl (C=O) groups is 2. The summed E-state index contributed by atoms with van der Waals surface area (Å²) in [6.07, 6.45) is 2.01. The smallest absolute Gasteiger partial charge is 0.261 e. The zero-order valence-corrected chi connectivity index (χ0v) is 15.0. The number of carbonyl (C=O) groups excluding carboxylic acids is 2. The molecular formula is C18H20BN3O2S. The van der Waals surface area contributed by atoms with E-state index < -0.39 is 0 Å². The third-order valence-corrected chi connectivity index (χ3v) is 5.19. The Balaban J connectivity index is 1.55. The van der Waals surface area contributed by atoms with Crippen molar-refractivity contribution in [3.05, 3.63) is 46.3 Å². The predicted octanol–water partition coefficient (Wildman–Crippen LogP) is 0.941. The number of benzene rings is 1. The van der Waals surface area contributed by atoms with Crippen LogP contribution in [-0.2, 0) is 17.6 Å². The van der Waals surface area contributed by atoms with E-state index in [1.807, 2.05) is 12.1 Å². The molecule has 3 rings (SSSR count). The van der Waals surface area contributed by atoms with Crippen molar-refractivity contribution >= 4 is 41.5 Å². The van der Waals surface area contributed by atoms with Crippen molar-refractivity contribution in [2.45, 2.75) is 12.8 Å². The number of nitrogens with one attached hydrogen (secondary N) is 2. The van der Waals surface area contributed by atoms with Gasteiger partial charge in [0.1, 0.15) is 7.85 Å². The maximum absolute atomic E-state index is 12.1. The number of hydrogen-bond acceptors (Lipinski definition) is 4. The van der Waals surface area contributed by atoms with Gasteiger partial charge in [0.2, 0.25) is 5.91 Å². The normalized spacial score (nSPS) is 14.4. The summed E-state index contributed by atoms with van der Waals surface area (Å²) in [5.74, 6) is -0.537. The lowest BCUT2D eigenvalue weighted by Gasteiger charge is -2.11. The summed E-state index contributed by atoms with van der Waals surface area (Å²) in [6, 6.07) is 9.36. The van der Waals surface area contributed by atoms with E-state index in [2.05, 4.69) is 28.6 Å². The SMILES string of the molecule is [B]c1ccc(C(=O)NCC(=O)Nc2ccc3c(c2)CCN(C)CC3)s1. The number of anilines is 1. The number of nitrogens with zero attached hydrogens (tertiary/aromatic N) is 1. The molecule has 0 saturated carbocycles. The highest BCUT2D eigenvalue weighted by molar-refractivity contribution is 7.21. The van der Waals surface area contributed by atoms with Crippen molar-refractivity contribution in [2.75, 3.05) is 32.0 Å². The zero-order chi connectivity index (χ0) is 17.8. The van der Waals surface area contributed by atoms with E-state index in [4.69, 9.17) is 7.85 Å². The molecule has 128 valence electrons. The van der Waals surface area contributed by atoms with Crippen LogP contribution in [0.1, 0.15) is 20.8 Å². The average molecular weight is 353 g/mol. The number of rotatable bonds is 4. The van der Waals surface area contributed by atoms with Gasteiger partial charge in [-0.05, 0) is 54.0 Å². The standard InChI is InChI=1S/C18H20BN3O2S/c1-22-8-6-12-2-3-14(10-13(12)7-9-22)21-17(23)11-20-18(24)15-4-5-16(19)25-15/h2-5,10H,6-9,11H2,1H3,(H,20,24)(H,21,23). The quantitative estimate of drug-likeness (QED) is 0.805. The minimum Gasteiger partial charge on any atom is -0.342 e. The van der Waals surface area contributed by atoms with Crippen LogP contribution >= 0.6 is 11.3 Å². The lowest BCUT2D eigenvalue weighted by Crippen LogP contribution is -2.32. The predicted molar refractivity (Wildman–Crippen MR) is 102 cm³/mol. The third kappa shape index (κ3) is 4.71. The molecule has 0 atom stereocenters. The molecule has 2 aromatic rings. The Bertz CT molecular complexity index is 790. The largest absolute Gasteiger partial charge is 0.342 e. The lowest BCUT2D eigenvalue weighted by atomic mass is 10.0. The molecule has 25 heavy (non-hydrogen) atoms. The van der Waals surface area contributed by atoms with Gasteiger partial charge in [0.25, 0.3) is 5.91 Å². The highest BCUT2D eigenvalue weighted by atomic mass is 32.1. The Kier molecular flexibility index (Phi) is 5.55. The van der Waals surface area contributed by atoms with Crippen LogP contribution in [0.2, 0.25) is 0 Å². The van der Waals surface area contributed by atoms with Gasteiger partial charge in [-0.3, -0.25) is 9.59 Å². The average Bonchev–Trinajstić information content (AvgIpc) is 2.94. The topological polar surface area (TPSA) is 61.4 Å². The van der Waals surface area contributed by atoms with E-state index >= 15 is 0 Å². The van der Waals surface area contributed by atoms with Crippen LogP contribution in [-0.4, -0.2) is 51.2 Å². The fourth-order valence-corrected chi connectivity index (χ4v) is 3.53. The van der Waals surface area contributed by atoms with E-state index in [-0.39, 0.29) is 18.4 Å². The Labute approximate surface area is 152 Å². The summed E-state index contributed by atoms with van der Waals surface area (Å²) in [6.45, 7) is 2.00. The first-order valence-electron chi connectivity index (χ1n) is 8.25. The molecule has 2 N–H and O–H groups in total. The maximum atomic E-state index is 12.1. The molecule has 0 unspecified atom stereocenters. The summed E-state index contributed by atoms with van der Waals surface area (Å²) < 4.78 is 0.574. The van der Waals surface area contributed by atoms with Gasteiger partial charge in [0.05, 0.1) is 11.4 Å². The van der Waals surface area contributed by atoms with Crippen LogP contribution in [0.5, 0.6) is 0 Å². The molecule has 0 saturated heterocycles. The number of thiophene rings is 1. The summed E-state index contributed by atoms with van der Waals surface area (Å²) in [5, 5.41) is 5.45. The molecule has 7 heteroatoms. The maximum Gasteiger partial charge on any atom is 0.261 e. The number of likely N-dealkylation sites (N-methyl/N-ethyl adjacent to an activating group) is 1. The summed E-state index contributed by atoms with van der Waals surface area (Å²) >= 11 is 1.20. The van der Waals surface area contributed by atoms with Crippen LogP contribution < -0.4 is 15.4 Å². The first kappa shape index (κ1) is 17.7. The highest BCUT2D eigenvalue weighted by Crippen LogP contribution is 2.20. The molecule has 2 heterocycles. The first-order valence-corrected chi connectivity index (χ1v) is 9.06. The first-order chi connectivity index (χ1) is 12.0. The summed E-state index contributed by atoms with van der Waals surface area (Å²) in [5.41, 5.74) is 3.38. The molecule has 2 amide bonds. The van der Waals surface area contributed by atoms with Gasteiger partial charge < -0.3 is 15.5 Å². The second-order valence-corrected chi connectivity index (χ2v) is 7.33. The molecule has 1 aliphatic heterocycles. The molecule has 0 spiro atoms. The second-order valence-electron chi connectivity index (χ2n) is 6.22. The molecule has 0 bridgehead atoms. The van der Waals surface area contributed by atoms with Gasteiger partial charge in [-0.25, -0.2) is 0 Å². The number of amides is 2. The minimum atomic E-state index is -0.290. The van der Waals surface area contributed by atoms with E-state index in [1.54, 1.807) is 12.1 Å². The Morgan fingerprint density at radius 2 is 1.92 bits per heavy atom. The molecule has 0 fully saturated rings. The summed E-state index contributed by atoms with van der Waals surface area (Å²) in [4.78, 5) is 26.8. The third-order valence-electron chi connectivity index (χ3n) is 4.28. The van der Waals surface area contributed by atoms with Gasteiger partial charge in [-0.2, -0.15) is 0 Å². The minimum absolute atomic E-state index is 0.0730. The van der Waals surface area contributed by atoms with Crippen LogP contribution in [0.3, 0.4) is 0 Å². The van der Waals surface area contributed by atoms with Gasteiger partial charge in [0, 0.05) is 18.8 Å². The van der Waals surface area contributed by atoms with Crippen LogP contribution in [0, 0.1) is 0 Å².